The number of hydrogen-bond acceptors (Lipinski definition) is 3. The van der Waals surface area contributed by atoms with Crippen LogP contribution in [0.2, 0.25) is 0 Å². The smallest absolute Gasteiger partial charge is 0.242 e. The predicted octanol–water partition coefficient (Wildman–Crippen LogP) is 4.55. The van der Waals surface area contributed by atoms with Crippen LogP contribution in [-0.2, 0) is 16.1 Å². The first-order valence-corrected chi connectivity index (χ1v) is 10.8. The van der Waals surface area contributed by atoms with E-state index in [0.29, 0.717) is 32.5 Å². The lowest BCUT2D eigenvalue weighted by Gasteiger charge is -2.29. The predicted molar refractivity (Wildman–Crippen MR) is 119 cm³/mol. The molecule has 156 valence electrons. The SMILES string of the molecule is CCCNC(=O)[C@H](C)N(Cc1ccc(Br)cc1)C(=O)CCCOc1ccccc1. The van der Waals surface area contributed by atoms with E-state index in [0.717, 1.165) is 22.2 Å². The lowest BCUT2D eigenvalue weighted by Crippen LogP contribution is -2.47. The molecular formula is C23H29BrN2O3. The molecule has 0 unspecified atom stereocenters. The summed E-state index contributed by atoms with van der Waals surface area (Å²) in [6, 6.07) is 16.8. The maximum atomic E-state index is 12.9. The number of halogens is 1. The van der Waals surface area contributed by atoms with Crippen molar-refractivity contribution in [2.24, 2.45) is 0 Å². The molecule has 0 fully saturated rings. The Bertz CT molecular complexity index is 765. The van der Waals surface area contributed by atoms with Crippen molar-refractivity contribution in [2.75, 3.05) is 13.2 Å². The van der Waals surface area contributed by atoms with Gasteiger partial charge in [-0.2, -0.15) is 0 Å². The Labute approximate surface area is 181 Å². The Morgan fingerprint density at radius 3 is 2.45 bits per heavy atom. The van der Waals surface area contributed by atoms with Crippen molar-refractivity contribution in [1.29, 1.82) is 0 Å². The molecule has 5 nitrogen and oxygen atoms in total. The first-order chi connectivity index (χ1) is 14.0. The molecule has 0 aliphatic heterocycles. The standard InChI is InChI=1S/C23H29BrN2O3/c1-3-15-25-23(28)18(2)26(17-19-11-13-20(24)14-12-19)22(27)10-7-16-29-21-8-5-4-6-9-21/h4-6,8-9,11-14,18H,3,7,10,15-17H2,1-2H3,(H,25,28)/t18-/m0/s1. The van der Waals surface area contributed by atoms with Crippen LogP contribution in [0.25, 0.3) is 0 Å². The van der Waals surface area contributed by atoms with Crippen molar-refractivity contribution < 1.29 is 14.3 Å². The summed E-state index contributed by atoms with van der Waals surface area (Å²) in [7, 11) is 0. The average Bonchev–Trinajstić information content (AvgIpc) is 2.74. The summed E-state index contributed by atoms with van der Waals surface area (Å²) in [6.07, 6.45) is 1.78. The number of nitrogens with one attached hydrogen (secondary N) is 1. The number of para-hydroxylation sites is 1. The normalized spacial score (nSPS) is 11.6. The van der Waals surface area contributed by atoms with Crippen molar-refractivity contribution in [3.05, 3.63) is 64.6 Å². The van der Waals surface area contributed by atoms with Gasteiger partial charge in [-0.15, -0.1) is 0 Å². The van der Waals surface area contributed by atoms with Gasteiger partial charge in [0.1, 0.15) is 11.8 Å². The summed E-state index contributed by atoms with van der Waals surface area (Å²) in [4.78, 5) is 27.0. The Hall–Kier alpha value is -2.34. The van der Waals surface area contributed by atoms with Gasteiger partial charge in [0.05, 0.1) is 6.61 Å². The van der Waals surface area contributed by atoms with Gasteiger partial charge in [-0.05, 0) is 49.6 Å². The molecule has 6 heteroatoms. The third kappa shape index (κ3) is 7.89. The summed E-state index contributed by atoms with van der Waals surface area (Å²) in [5.41, 5.74) is 0.984. The number of carbonyl (C=O) groups excluding carboxylic acids is 2. The summed E-state index contributed by atoms with van der Waals surface area (Å²) in [5, 5.41) is 2.89. The molecule has 0 radical (unpaired) electrons. The molecule has 0 spiro atoms. The first-order valence-electron chi connectivity index (χ1n) is 10.0. The topological polar surface area (TPSA) is 58.6 Å². The summed E-state index contributed by atoms with van der Waals surface area (Å²) in [6.45, 7) is 5.24. The number of ether oxygens (including phenoxy) is 1. The number of carbonyl (C=O) groups is 2. The second kappa shape index (κ2) is 12.3. The van der Waals surface area contributed by atoms with Gasteiger partial charge >= 0.3 is 0 Å². The molecule has 0 saturated carbocycles. The molecule has 2 aromatic rings. The second-order valence-corrected chi connectivity index (χ2v) is 7.80. The Kier molecular flexibility index (Phi) is 9.71. The van der Waals surface area contributed by atoms with Crippen LogP contribution in [0.4, 0.5) is 0 Å². The highest BCUT2D eigenvalue weighted by atomic mass is 79.9. The van der Waals surface area contributed by atoms with E-state index in [-0.39, 0.29) is 11.8 Å². The highest BCUT2D eigenvalue weighted by molar-refractivity contribution is 9.10. The molecule has 0 aromatic heterocycles. The van der Waals surface area contributed by atoms with Crippen LogP contribution >= 0.6 is 15.9 Å². The average molecular weight is 461 g/mol. The van der Waals surface area contributed by atoms with Gasteiger partial charge in [-0.25, -0.2) is 0 Å². The fourth-order valence-corrected chi connectivity index (χ4v) is 3.10. The van der Waals surface area contributed by atoms with Gasteiger partial charge in [0.15, 0.2) is 0 Å². The Morgan fingerprint density at radius 1 is 1.10 bits per heavy atom. The molecule has 1 N–H and O–H groups in total. The van der Waals surface area contributed by atoms with Crippen molar-refractivity contribution in [3.8, 4) is 5.75 Å². The molecule has 0 saturated heterocycles. The number of hydrogen-bond donors (Lipinski definition) is 1. The number of rotatable bonds is 11. The minimum atomic E-state index is -0.535. The monoisotopic (exact) mass is 460 g/mol. The number of nitrogens with zero attached hydrogens (tertiary/aromatic N) is 1. The minimum absolute atomic E-state index is 0.0521. The van der Waals surface area contributed by atoms with Crippen molar-refractivity contribution in [1.82, 2.24) is 10.2 Å². The zero-order valence-electron chi connectivity index (χ0n) is 17.1. The van der Waals surface area contributed by atoms with E-state index < -0.39 is 6.04 Å². The largest absolute Gasteiger partial charge is 0.494 e. The molecule has 2 rings (SSSR count). The van der Waals surface area contributed by atoms with Crippen LogP contribution in [0.5, 0.6) is 5.75 Å². The molecular weight excluding hydrogens is 432 g/mol. The summed E-state index contributed by atoms with van der Waals surface area (Å²) in [5.74, 6) is 0.612. The van der Waals surface area contributed by atoms with E-state index in [1.807, 2.05) is 61.5 Å². The molecule has 1 atom stereocenters. The van der Waals surface area contributed by atoms with Crippen molar-refractivity contribution >= 4 is 27.7 Å². The zero-order valence-corrected chi connectivity index (χ0v) is 18.7. The van der Waals surface area contributed by atoms with Gasteiger partial charge in [-0.3, -0.25) is 9.59 Å². The fourth-order valence-electron chi connectivity index (χ4n) is 2.84. The Balaban J connectivity index is 1.97. The van der Waals surface area contributed by atoms with Gasteiger partial charge in [0.25, 0.3) is 0 Å². The quantitative estimate of drug-likeness (QED) is 0.500. The van der Waals surface area contributed by atoms with Crippen LogP contribution in [0, 0.1) is 0 Å². The zero-order chi connectivity index (χ0) is 21.1. The van der Waals surface area contributed by atoms with Gasteiger partial charge in [-0.1, -0.05) is 53.2 Å². The van der Waals surface area contributed by atoms with E-state index in [4.69, 9.17) is 4.74 Å². The van der Waals surface area contributed by atoms with Crippen LogP contribution in [-0.4, -0.2) is 35.9 Å². The van der Waals surface area contributed by atoms with E-state index >= 15 is 0 Å². The fraction of sp³-hybridized carbons (Fsp3) is 0.391. The van der Waals surface area contributed by atoms with Crippen LogP contribution < -0.4 is 10.1 Å². The van der Waals surface area contributed by atoms with Gasteiger partial charge in [0.2, 0.25) is 11.8 Å². The van der Waals surface area contributed by atoms with E-state index in [1.54, 1.807) is 11.8 Å². The van der Waals surface area contributed by atoms with Crippen LogP contribution in [0.1, 0.15) is 38.7 Å². The van der Waals surface area contributed by atoms with Crippen molar-refractivity contribution in [3.63, 3.8) is 0 Å². The molecule has 0 bridgehead atoms. The third-order valence-electron chi connectivity index (χ3n) is 4.53. The lowest BCUT2D eigenvalue weighted by molar-refractivity contribution is -0.140. The molecule has 0 heterocycles. The molecule has 0 aliphatic carbocycles. The molecule has 2 aromatic carbocycles. The second-order valence-electron chi connectivity index (χ2n) is 6.88. The van der Waals surface area contributed by atoms with E-state index in [1.165, 1.54) is 0 Å². The number of benzene rings is 2. The first kappa shape index (κ1) is 22.9. The Morgan fingerprint density at radius 2 is 1.79 bits per heavy atom. The third-order valence-corrected chi connectivity index (χ3v) is 5.06. The lowest BCUT2D eigenvalue weighted by atomic mass is 10.1. The number of amides is 2. The summed E-state index contributed by atoms with van der Waals surface area (Å²) < 4.78 is 6.65. The maximum Gasteiger partial charge on any atom is 0.242 e. The highest BCUT2D eigenvalue weighted by Crippen LogP contribution is 2.16. The maximum absolute atomic E-state index is 12.9. The molecule has 2 amide bonds. The summed E-state index contributed by atoms with van der Waals surface area (Å²) >= 11 is 3.42. The van der Waals surface area contributed by atoms with Gasteiger partial charge < -0.3 is 15.0 Å². The van der Waals surface area contributed by atoms with Crippen LogP contribution in [0.3, 0.4) is 0 Å². The van der Waals surface area contributed by atoms with E-state index in [2.05, 4.69) is 21.2 Å². The molecule has 29 heavy (non-hydrogen) atoms. The minimum Gasteiger partial charge on any atom is -0.494 e. The van der Waals surface area contributed by atoms with Crippen LogP contribution in [0.15, 0.2) is 59.1 Å². The van der Waals surface area contributed by atoms with E-state index in [9.17, 15) is 9.59 Å². The highest BCUT2D eigenvalue weighted by Gasteiger charge is 2.25. The molecule has 0 aliphatic rings. The van der Waals surface area contributed by atoms with Crippen molar-refractivity contribution in [2.45, 2.75) is 45.7 Å². The van der Waals surface area contributed by atoms with Gasteiger partial charge in [0, 0.05) is 24.0 Å².